The Balaban J connectivity index is 1.27. The average molecular weight is 719 g/mol. The Kier molecular flexibility index (Phi) is 9.73. The second kappa shape index (κ2) is 12.7. The van der Waals surface area contributed by atoms with Gasteiger partial charge in [-0.15, -0.1) is 0 Å². The Morgan fingerprint density at radius 1 is 1.00 bits per heavy atom. The number of aliphatic carboxylic acids is 1. The normalized spacial score (nSPS) is 50.9. The fourth-order valence-electron chi connectivity index (χ4n) is 11.0. The molecule has 0 aromatic heterocycles. The fraction of sp³-hybridized carbons (Fsp3) is 0.912. The highest BCUT2D eigenvalue weighted by atomic mass is 32.3. The van der Waals surface area contributed by atoms with Gasteiger partial charge in [0.25, 0.3) is 0 Å². The summed E-state index contributed by atoms with van der Waals surface area (Å²) in [7, 11) is -4.87. The molecular weight excluding hydrogens is 664 g/mol. The Hall–Kier alpha value is -1.24. The number of allylic oxidation sites excluding steroid dienone is 2. The van der Waals surface area contributed by atoms with Crippen molar-refractivity contribution in [2.75, 3.05) is 0 Å². The van der Waals surface area contributed by atoms with Crippen molar-refractivity contribution in [3.63, 3.8) is 0 Å². The average Bonchev–Trinajstić information content (AvgIpc) is 3.46. The number of hydrogen-bond donors (Lipinski definition) is 7. The van der Waals surface area contributed by atoms with E-state index >= 15 is 0 Å². The van der Waals surface area contributed by atoms with Crippen molar-refractivity contribution >= 4 is 16.4 Å². The molecule has 2 saturated heterocycles. The van der Waals surface area contributed by atoms with Crippen molar-refractivity contribution in [3.05, 3.63) is 11.6 Å². The van der Waals surface area contributed by atoms with Crippen LogP contribution in [0.3, 0.4) is 0 Å². The third-order valence-corrected chi connectivity index (χ3v) is 14.3. The first-order chi connectivity index (χ1) is 22.6. The molecule has 2 aliphatic heterocycles. The number of carboxylic acid groups (broad SMARTS) is 1. The largest absolute Gasteiger partial charge is 0.479 e. The van der Waals surface area contributed by atoms with Gasteiger partial charge in [-0.05, 0) is 85.9 Å². The van der Waals surface area contributed by atoms with Crippen molar-refractivity contribution < 1.29 is 66.8 Å². The molecule has 2 heterocycles. The standard InChI is InChI=1S/C34H54O14S/c1-14(2)15(3)23(35)29-34(6,41)28-22(46-29)13-19-17-12-21(48-49(42,43)44)20-11-16(7-9-32(20,4)18(17)8-10-33(19,28)5)45-31-26(38)24(36)25(37)27(47-31)30(39)40/h8,14-17,19-29,31,35-38,41H,7,9-13H2,1-6H3,(H,39,40)(H,42,43,44)/t15-,16?,17?,19?,20?,21-,22-,23-,24-,25-,26+,27-,28-,29-,31+,32+,33-,34+/m0/s1. The first-order valence-electron chi connectivity index (χ1n) is 17.6. The summed E-state index contributed by atoms with van der Waals surface area (Å²) < 4.78 is 57.7. The lowest BCUT2D eigenvalue weighted by atomic mass is 9.47. The zero-order valence-electron chi connectivity index (χ0n) is 29.0. The summed E-state index contributed by atoms with van der Waals surface area (Å²) in [5.74, 6) is -2.31. The Bertz CT molecular complexity index is 1420. The molecule has 0 bridgehead atoms. The van der Waals surface area contributed by atoms with Gasteiger partial charge in [-0.2, -0.15) is 8.42 Å². The fourth-order valence-corrected chi connectivity index (χ4v) is 11.5. The predicted molar refractivity (Wildman–Crippen MR) is 171 cm³/mol. The minimum absolute atomic E-state index is 0.000452. The van der Waals surface area contributed by atoms with Crippen LogP contribution in [0.1, 0.15) is 80.1 Å². The molecule has 18 atom stereocenters. The minimum Gasteiger partial charge on any atom is -0.479 e. The Morgan fingerprint density at radius 3 is 2.29 bits per heavy atom. The number of carboxylic acids is 1. The topological polar surface area (TPSA) is 230 Å². The third kappa shape index (κ3) is 6.12. The van der Waals surface area contributed by atoms with Gasteiger partial charge < -0.3 is 44.8 Å². The maximum Gasteiger partial charge on any atom is 0.397 e. The highest BCUT2D eigenvalue weighted by Crippen LogP contribution is 2.69. The maximum absolute atomic E-state index is 12.2. The van der Waals surface area contributed by atoms with Crippen LogP contribution in [0.5, 0.6) is 0 Å². The van der Waals surface area contributed by atoms with Gasteiger partial charge in [-0.25, -0.2) is 8.98 Å². The van der Waals surface area contributed by atoms with E-state index in [1.165, 1.54) is 0 Å². The van der Waals surface area contributed by atoms with E-state index in [-0.39, 0.29) is 48.5 Å². The van der Waals surface area contributed by atoms with Crippen LogP contribution in [-0.4, -0.2) is 116 Å². The molecule has 49 heavy (non-hydrogen) atoms. The van der Waals surface area contributed by atoms with Gasteiger partial charge in [0.1, 0.15) is 24.4 Å². The van der Waals surface area contributed by atoms with Crippen molar-refractivity contribution in [2.45, 2.75) is 147 Å². The Labute approximate surface area is 287 Å². The van der Waals surface area contributed by atoms with Crippen LogP contribution in [0.2, 0.25) is 0 Å². The lowest BCUT2D eigenvalue weighted by Gasteiger charge is -2.59. The number of carbonyl (C=O) groups is 1. The first kappa shape index (κ1) is 37.5. The first-order valence-corrected chi connectivity index (χ1v) is 19.0. The molecule has 7 N–H and O–H groups in total. The number of fused-ring (bicyclic) bond motifs is 7. The van der Waals surface area contributed by atoms with Gasteiger partial charge in [0, 0.05) is 5.92 Å². The highest BCUT2D eigenvalue weighted by molar-refractivity contribution is 7.80. The number of aliphatic hydroxyl groups excluding tert-OH is 4. The number of hydrogen-bond acceptors (Lipinski definition) is 12. The zero-order chi connectivity index (χ0) is 36.2. The van der Waals surface area contributed by atoms with Gasteiger partial charge >= 0.3 is 16.4 Å². The third-order valence-electron chi connectivity index (χ3n) is 13.8. The van der Waals surface area contributed by atoms with Crippen LogP contribution in [-0.2, 0) is 33.6 Å². The second-order valence-corrected chi connectivity index (χ2v) is 17.8. The molecule has 0 aromatic carbocycles. The SMILES string of the molecule is CC(C)[C@H](C)[C@H](O)[C@@H]1O[C@H]2CC3C4C[C@H](OS(=O)(=O)O)C5CC(O[C@@H]6O[C@H](C(=O)O)[C@@H](O)[C@H](O)[C@H]6O)CC[C@]5(C)C4=CC[C@]3(C)[C@H]2[C@@]1(C)O. The molecule has 3 saturated carbocycles. The van der Waals surface area contributed by atoms with Gasteiger partial charge in [-0.3, -0.25) is 4.55 Å². The van der Waals surface area contributed by atoms with Crippen LogP contribution >= 0.6 is 0 Å². The van der Waals surface area contributed by atoms with Crippen LogP contribution in [0.25, 0.3) is 0 Å². The minimum atomic E-state index is -4.87. The van der Waals surface area contributed by atoms with Gasteiger partial charge in [0.05, 0.1) is 30.0 Å². The molecule has 6 rings (SSSR count). The summed E-state index contributed by atoms with van der Waals surface area (Å²) in [6.45, 7) is 12.0. The number of ether oxygens (including phenoxy) is 3. The van der Waals surface area contributed by atoms with Crippen LogP contribution in [0.15, 0.2) is 11.6 Å². The summed E-state index contributed by atoms with van der Waals surface area (Å²) in [5.41, 5.74) is -1.14. The molecule has 15 heteroatoms. The maximum atomic E-state index is 12.2. The van der Waals surface area contributed by atoms with E-state index in [1.807, 2.05) is 20.8 Å². The molecule has 14 nitrogen and oxygen atoms in total. The monoisotopic (exact) mass is 718 g/mol. The summed E-state index contributed by atoms with van der Waals surface area (Å²) in [6.07, 6.45) is -7.38. The molecule has 4 aliphatic carbocycles. The summed E-state index contributed by atoms with van der Waals surface area (Å²) in [4.78, 5) is 11.6. The molecule has 4 unspecified atom stereocenters. The van der Waals surface area contributed by atoms with E-state index in [2.05, 4.69) is 19.9 Å². The summed E-state index contributed by atoms with van der Waals surface area (Å²) >= 11 is 0. The van der Waals surface area contributed by atoms with Crippen molar-refractivity contribution in [1.29, 1.82) is 0 Å². The quantitative estimate of drug-likeness (QED) is 0.107. The van der Waals surface area contributed by atoms with E-state index in [0.717, 1.165) is 5.57 Å². The molecule has 0 amide bonds. The van der Waals surface area contributed by atoms with Crippen LogP contribution in [0, 0.1) is 46.3 Å². The van der Waals surface area contributed by atoms with Gasteiger partial charge in [0.15, 0.2) is 12.4 Å². The summed E-state index contributed by atoms with van der Waals surface area (Å²) in [5, 5.41) is 63.7. The van der Waals surface area contributed by atoms with Crippen LogP contribution < -0.4 is 0 Å². The van der Waals surface area contributed by atoms with Crippen molar-refractivity contribution in [1.82, 2.24) is 0 Å². The lowest BCUT2D eigenvalue weighted by Crippen LogP contribution is -2.61. The van der Waals surface area contributed by atoms with Crippen molar-refractivity contribution in [3.8, 4) is 0 Å². The molecule has 0 aromatic rings. The molecule has 5 fully saturated rings. The van der Waals surface area contributed by atoms with E-state index in [4.69, 9.17) is 18.4 Å². The molecule has 6 aliphatic rings. The second-order valence-electron chi connectivity index (χ2n) is 16.8. The Morgan fingerprint density at radius 2 is 1.67 bits per heavy atom. The van der Waals surface area contributed by atoms with Gasteiger partial charge in [0.2, 0.25) is 0 Å². The highest BCUT2D eigenvalue weighted by Gasteiger charge is 2.70. The molecule has 0 radical (unpaired) electrons. The van der Waals surface area contributed by atoms with E-state index in [9.17, 15) is 48.4 Å². The van der Waals surface area contributed by atoms with E-state index in [1.54, 1.807) is 6.92 Å². The molecular formula is C34H54O14S. The van der Waals surface area contributed by atoms with Gasteiger partial charge in [-0.1, -0.05) is 46.3 Å². The number of aliphatic hydroxyl groups is 5. The smallest absolute Gasteiger partial charge is 0.397 e. The van der Waals surface area contributed by atoms with Crippen molar-refractivity contribution in [2.24, 2.45) is 46.3 Å². The zero-order valence-corrected chi connectivity index (χ0v) is 29.8. The predicted octanol–water partition coefficient (Wildman–Crippen LogP) is 1.42. The van der Waals surface area contributed by atoms with E-state index < -0.39 is 93.8 Å². The molecule has 280 valence electrons. The molecule has 0 spiro atoms. The number of rotatable bonds is 8. The van der Waals surface area contributed by atoms with E-state index in [0.29, 0.717) is 25.7 Å². The van der Waals surface area contributed by atoms with Crippen LogP contribution in [0.4, 0.5) is 0 Å². The lowest BCUT2D eigenvalue weighted by molar-refractivity contribution is -0.309. The summed E-state index contributed by atoms with van der Waals surface area (Å²) in [6, 6.07) is 0.